The van der Waals surface area contributed by atoms with Gasteiger partial charge in [0.15, 0.2) is 5.82 Å². The number of halogens is 3. The van der Waals surface area contributed by atoms with Gasteiger partial charge in [-0.1, -0.05) is 34.8 Å². The van der Waals surface area contributed by atoms with Crippen molar-refractivity contribution < 1.29 is 9.66 Å². The van der Waals surface area contributed by atoms with Gasteiger partial charge in [0.05, 0.1) is 9.95 Å². The van der Waals surface area contributed by atoms with Crippen molar-refractivity contribution in [3.63, 3.8) is 0 Å². The number of nitrogen functional groups attached to an aromatic ring is 1. The van der Waals surface area contributed by atoms with Gasteiger partial charge in [0, 0.05) is 17.2 Å². The van der Waals surface area contributed by atoms with Gasteiger partial charge in [-0.15, -0.1) is 0 Å². The zero-order valence-electron chi connectivity index (χ0n) is 10.1. The van der Waals surface area contributed by atoms with Crippen molar-refractivity contribution in [1.29, 1.82) is 0 Å². The molecule has 21 heavy (non-hydrogen) atoms. The summed E-state index contributed by atoms with van der Waals surface area (Å²) in [6, 6.07) is 5.21. The summed E-state index contributed by atoms with van der Waals surface area (Å²) in [5.74, 6) is 5.15. The van der Waals surface area contributed by atoms with Crippen molar-refractivity contribution >= 4 is 46.3 Å². The summed E-state index contributed by atoms with van der Waals surface area (Å²) in [6.07, 6.45) is 0. The Hall–Kier alpha value is -1.80. The first-order valence-electron chi connectivity index (χ1n) is 5.37. The summed E-state index contributed by atoms with van der Waals surface area (Å²) in [5, 5.41) is 11.5. The maximum atomic E-state index is 11.0. The van der Waals surface area contributed by atoms with E-state index in [0.29, 0.717) is 0 Å². The minimum absolute atomic E-state index is 0.0632. The molecule has 2 aromatic rings. The van der Waals surface area contributed by atoms with Gasteiger partial charge < -0.3 is 10.2 Å². The predicted octanol–water partition coefficient (Wildman–Crippen LogP) is 4.03. The Balaban J connectivity index is 2.47. The maximum Gasteiger partial charge on any atom is 0.311 e. The molecule has 0 amide bonds. The number of nitro benzene ring substituents is 1. The number of nitrogens with zero attached hydrogens (tertiary/aromatic N) is 2. The number of hydrogen-bond acceptors (Lipinski definition) is 6. The molecule has 0 aliphatic rings. The van der Waals surface area contributed by atoms with Crippen LogP contribution in [0.1, 0.15) is 0 Å². The Morgan fingerprint density at radius 2 is 1.95 bits per heavy atom. The van der Waals surface area contributed by atoms with Crippen LogP contribution in [0.15, 0.2) is 24.3 Å². The Morgan fingerprint density at radius 1 is 1.24 bits per heavy atom. The number of pyridine rings is 1. The number of rotatable bonds is 4. The first kappa shape index (κ1) is 15.6. The highest BCUT2D eigenvalue weighted by Gasteiger charge is 2.19. The van der Waals surface area contributed by atoms with Crippen LogP contribution in [0.4, 0.5) is 11.5 Å². The van der Waals surface area contributed by atoms with Gasteiger partial charge in [0.25, 0.3) is 0 Å². The number of hydrazine groups is 1. The molecule has 0 aliphatic carbocycles. The van der Waals surface area contributed by atoms with E-state index in [1.807, 2.05) is 0 Å². The first-order valence-corrected chi connectivity index (χ1v) is 6.50. The monoisotopic (exact) mass is 348 g/mol. The summed E-state index contributed by atoms with van der Waals surface area (Å²) in [5.41, 5.74) is 1.97. The van der Waals surface area contributed by atoms with E-state index in [2.05, 4.69) is 10.4 Å². The largest absolute Gasteiger partial charge is 0.430 e. The predicted molar refractivity (Wildman–Crippen MR) is 80.2 cm³/mol. The van der Waals surface area contributed by atoms with E-state index in [9.17, 15) is 10.1 Å². The van der Waals surface area contributed by atoms with Crippen LogP contribution in [0.25, 0.3) is 0 Å². The molecule has 10 heteroatoms. The van der Waals surface area contributed by atoms with Crippen LogP contribution in [0, 0.1) is 10.1 Å². The van der Waals surface area contributed by atoms with Crippen molar-refractivity contribution in [1.82, 2.24) is 4.98 Å². The molecule has 7 nitrogen and oxygen atoms in total. The third-order valence-electron chi connectivity index (χ3n) is 2.36. The summed E-state index contributed by atoms with van der Waals surface area (Å²) >= 11 is 17.6. The second kappa shape index (κ2) is 6.31. The lowest BCUT2D eigenvalue weighted by molar-refractivity contribution is -0.385. The number of nitro groups is 1. The number of hydrogen-bond donors (Lipinski definition) is 2. The maximum absolute atomic E-state index is 11.0. The fourth-order valence-electron chi connectivity index (χ4n) is 1.45. The average molecular weight is 350 g/mol. The van der Waals surface area contributed by atoms with E-state index in [1.54, 1.807) is 0 Å². The molecule has 1 heterocycles. The third kappa shape index (κ3) is 3.45. The first-order chi connectivity index (χ1) is 9.92. The quantitative estimate of drug-likeness (QED) is 0.491. The lowest BCUT2D eigenvalue weighted by Gasteiger charge is -2.10. The Morgan fingerprint density at radius 3 is 2.57 bits per heavy atom. The Bertz CT molecular complexity index is 711. The highest BCUT2D eigenvalue weighted by Crippen LogP contribution is 2.37. The topological polar surface area (TPSA) is 103 Å². The van der Waals surface area contributed by atoms with Crippen LogP contribution < -0.4 is 16.0 Å². The van der Waals surface area contributed by atoms with Crippen molar-refractivity contribution in [3.05, 3.63) is 49.4 Å². The lowest BCUT2D eigenvalue weighted by Crippen LogP contribution is -2.09. The van der Waals surface area contributed by atoms with Crippen LogP contribution in [-0.4, -0.2) is 9.91 Å². The molecule has 0 aliphatic heterocycles. The molecule has 110 valence electrons. The van der Waals surface area contributed by atoms with Gasteiger partial charge in [-0.05, 0) is 12.1 Å². The second-order valence-electron chi connectivity index (χ2n) is 3.72. The van der Waals surface area contributed by atoms with Crippen LogP contribution in [-0.2, 0) is 0 Å². The van der Waals surface area contributed by atoms with Gasteiger partial charge in [-0.2, -0.15) is 4.98 Å². The average Bonchev–Trinajstić information content (AvgIpc) is 2.41. The molecule has 0 radical (unpaired) electrons. The van der Waals surface area contributed by atoms with Crippen LogP contribution in [0.5, 0.6) is 11.6 Å². The molecule has 0 saturated carbocycles. The van der Waals surface area contributed by atoms with E-state index in [4.69, 9.17) is 45.4 Å². The molecule has 2 rings (SSSR count). The SMILES string of the molecule is NNc1nc(Oc2cc(Cl)ccc2[N+](=O)[O-])c(Cl)cc1Cl. The summed E-state index contributed by atoms with van der Waals surface area (Å²) in [7, 11) is 0. The van der Waals surface area contributed by atoms with Crippen molar-refractivity contribution in [3.8, 4) is 11.6 Å². The summed E-state index contributed by atoms with van der Waals surface area (Å²) < 4.78 is 5.36. The van der Waals surface area contributed by atoms with E-state index >= 15 is 0 Å². The van der Waals surface area contributed by atoms with Crippen molar-refractivity contribution in [2.75, 3.05) is 5.43 Å². The van der Waals surface area contributed by atoms with Gasteiger partial charge in [0.1, 0.15) is 5.02 Å². The minimum atomic E-state index is -0.614. The molecule has 1 aromatic carbocycles. The Kier molecular flexibility index (Phi) is 4.69. The normalized spacial score (nSPS) is 10.3. The number of benzene rings is 1. The number of aromatic nitrogens is 1. The number of anilines is 1. The van der Waals surface area contributed by atoms with Crippen molar-refractivity contribution in [2.24, 2.45) is 5.84 Å². The van der Waals surface area contributed by atoms with Gasteiger partial charge in [0.2, 0.25) is 11.6 Å². The van der Waals surface area contributed by atoms with Gasteiger partial charge in [-0.3, -0.25) is 10.1 Å². The van der Waals surface area contributed by atoms with Crippen LogP contribution in [0.3, 0.4) is 0 Å². The number of nitrogens with two attached hydrogens (primary N) is 1. The number of ether oxygens (including phenoxy) is 1. The standard InChI is InChI=1S/C11H7Cl3N4O3/c12-5-1-2-8(18(19)20)9(3-5)21-11-7(14)4-6(13)10(16-11)17-15/h1-4H,15H2,(H,16,17). The molecule has 0 saturated heterocycles. The van der Waals surface area contributed by atoms with Gasteiger partial charge >= 0.3 is 5.69 Å². The molecular formula is C11H7Cl3N4O3. The summed E-state index contributed by atoms with van der Waals surface area (Å²) in [6.45, 7) is 0. The minimum Gasteiger partial charge on any atom is -0.430 e. The molecule has 0 fully saturated rings. The number of nitrogens with one attached hydrogen (secondary N) is 1. The van der Waals surface area contributed by atoms with Gasteiger partial charge in [-0.25, -0.2) is 5.84 Å². The van der Waals surface area contributed by atoms with Crippen molar-refractivity contribution in [2.45, 2.75) is 0 Å². The molecule has 0 spiro atoms. The molecule has 0 unspecified atom stereocenters. The third-order valence-corrected chi connectivity index (χ3v) is 3.15. The molecule has 1 aromatic heterocycles. The fraction of sp³-hybridized carbons (Fsp3) is 0. The van der Waals surface area contributed by atoms with E-state index in [-0.39, 0.29) is 38.2 Å². The Labute approximate surface area is 133 Å². The lowest BCUT2D eigenvalue weighted by atomic mass is 10.3. The molecule has 0 bridgehead atoms. The fourth-order valence-corrected chi connectivity index (χ4v) is 2.06. The van der Waals surface area contributed by atoms with Crippen LogP contribution >= 0.6 is 34.8 Å². The van der Waals surface area contributed by atoms with Crippen LogP contribution in [0.2, 0.25) is 15.1 Å². The molecular weight excluding hydrogens is 343 g/mol. The zero-order chi connectivity index (χ0) is 15.6. The molecule has 3 N–H and O–H groups in total. The second-order valence-corrected chi connectivity index (χ2v) is 4.97. The van der Waals surface area contributed by atoms with E-state index in [0.717, 1.165) is 0 Å². The zero-order valence-corrected chi connectivity index (χ0v) is 12.4. The molecule has 0 atom stereocenters. The highest BCUT2D eigenvalue weighted by atomic mass is 35.5. The smallest absolute Gasteiger partial charge is 0.311 e. The highest BCUT2D eigenvalue weighted by molar-refractivity contribution is 6.36. The van der Waals surface area contributed by atoms with E-state index < -0.39 is 4.92 Å². The van der Waals surface area contributed by atoms with E-state index in [1.165, 1.54) is 24.3 Å². The summed E-state index contributed by atoms with van der Waals surface area (Å²) in [4.78, 5) is 14.3.